The Morgan fingerprint density at radius 3 is 3.50 bits per heavy atom. The smallest absolute Gasteiger partial charge is 0.107 e. The van der Waals surface area contributed by atoms with Gasteiger partial charge in [-0.05, 0) is 11.5 Å². The quantitative estimate of drug-likeness (QED) is 0.562. The van der Waals surface area contributed by atoms with E-state index in [1.54, 1.807) is 0 Å². The monoisotopic (exact) mass is 152 g/mol. The Hall–Kier alpha value is -0.700. The summed E-state index contributed by atoms with van der Waals surface area (Å²) in [5.41, 5.74) is 2.56. The summed E-state index contributed by atoms with van der Waals surface area (Å²) >= 11 is 1.81. The molecule has 10 heavy (non-hydrogen) atoms. The van der Waals surface area contributed by atoms with Crippen molar-refractivity contribution in [3.63, 3.8) is 0 Å². The molecule has 2 nitrogen and oxygen atoms in total. The van der Waals surface area contributed by atoms with E-state index in [1.165, 1.54) is 11.3 Å². The highest BCUT2D eigenvalue weighted by molar-refractivity contribution is 8.02. The van der Waals surface area contributed by atoms with Crippen molar-refractivity contribution >= 4 is 18.0 Å². The lowest BCUT2D eigenvalue weighted by Gasteiger charge is -2.16. The van der Waals surface area contributed by atoms with Gasteiger partial charge in [0.25, 0.3) is 0 Å². The molecule has 0 fully saturated rings. The van der Waals surface area contributed by atoms with Gasteiger partial charge in [0.2, 0.25) is 0 Å². The van der Waals surface area contributed by atoms with Crippen molar-refractivity contribution in [2.45, 2.75) is 0 Å². The molecule has 0 aromatic carbocycles. The van der Waals surface area contributed by atoms with E-state index in [0.29, 0.717) is 0 Å². The van der Waals surface area contributed by atoms with Crippen LogP contribution in [0.3, 0.4) is 0 Å². The second-order valence-electron chi connectivity index (χ2n) is 2.20. The van der Waals surface area contributed by atoms with Crippen molar-refractivity contribution in [2.24, 2.45) is 4.99 Å². The average Bonchev–Trinajstić information content (AvgIpc) is 2.05. The molecule has 0 saturated heterocycles. The van der Waals surface area contributed by atoms with Crippen LogP contribution in [0.1, 0.15) is 0 Å². The van der Waals surface area contributed by atoms with Crippen LogP contribution < -0.4 is 5.32 Å². The van der Waals surface area contributed by atoms with E-state index in [0.717, 1.165) is 12.4 Å². The van der Waals surface area contributed by atoms with Gasteiger partial charge in [-0.1, -0.05) is 0 Å². The third-order valence-electron chi connectivity index (χ3n) is 1.52. The largest absolute Gasteiger partial charge is 0.366 e. The molecule has 52 valence electrons. The highest BCUT2D eigenvalue weighted by Gasteiger charge is 2.08. The predicted molar refractivity (Wildman–Crippen MR) is 45.1 cm³/mol. The molecule has 0 aromatic rings. The highest BCUT2D eigenvalue weighted by Crippen LogP contribution is 2.19. The molecule has 2 aliphatic rings. The first-order valence-electron chi connectivity index (χ1n) is 3.22. The SMILES string of the molecule is C1=CC2=C(C=NCN2)CS1. The van der Waals surface area contributed by atoms with E-state index in [4.69, 9.17) is 0 Å². The summed E-state index contributed by atoms with van der Waals surface area (Å²) < 4.78 is 0. The Bertz CT molecular complexity index is 204. The number of rotatable bonds is 0. The first-order chi connectivity index (χ1) is 4.97. The van der Waals surface area contributed by atoms with E-state index in [1.807, 2.05) is 18.0 Å². The number of thioether (sulfide) groups is 1. The molecule has 0 bridgehead atoms. The maximum atomic E-state index is 4.12. The number of hydrogen-bond acceptors (Lipinski definition) is 3. The standard InChI is InChI=1S/C7H8N2S/c1-2-10-4-6-3-8-5-9-7(1)6/h1-3,9H,4-5H2. The Morgan fingerprint density at radius 2 is 2.60 bits per heavy atom. The molecule has 0 aromatic heterocycles. The van der Waals surface area contributed by atoms with E-state index in [2.05, 4.69) is 21.8 Å². The van der Waals surface area contributed by atoms with Crippen molar-refractivity contribution < 1.29 is 0 Å². The van der Waals surface area contributed by atoms with Gasteiger partial charge in [-0.3, -0.25) is 4.99 Å². The summed E-state index contributed by atoms with van der Waals surface area (Å²) in [4.78, 5) is 4.12. The number of aliphatic imine (C=N–C) groups is 1. The molecule has 0 unspecified atom stereocenters. The second kappa shape index (κ2) is 2.50. The van der Waals surface area contributed by atoms with E-state index in [9.17, 15) is 0 Å². The zero-order valence-electron chi connectivity index (χ0n) is 5.50. The number of nitrogens with zero attached hydrogens (tertiary/aromatic N) is 1. The van der Waals surface area contributed by atoms with Crippen molar-refractivity contribution in [3.05, 3.63) is 22.8 Å². The van der Waals surface area contributed by atoms with Crippen LogP contribution in [-0.4, -0.2) is 18.6 Å². The molecule has 0 saturated carbocycles. The zero-order chi connectivity index (χ0) is 6.81. The summed E-state index contributed by atoms with van der Waals surface area (Å²) in [7, 11) is 0. The first-order valence-corrected chi connectivity index (χ1v) is 4.27. The molecule has 0 aliphatic carbocycles. The van der Waals surface area contributed by atoms with Crippen molar-refractivity contribution in [1.29, 1.82) is 0 Å². The van der Waals surface area contributed by atoms with Gasteiger partial charge in [0, 0.05) is 23.2 Å². The van der Waals surface area contributed by atoms with Gasteiger partial charge in [0.05, 0.1) is 0 Å². The topological polar surface area (TPSA) is 24.4 Å². The van der Waals surface area contributed by atoms with Crippen LogP contribution in [0, 0.1) is 0 Å². The number of allylic oxidation sites excluding steroid dienone is 1. The molecule has 0 amide bonds. The molecule has 0 spiro atoms. The predicted octanol–water partition coefficient (Wildman–Crippen LogP) is 1.13. The average molecular weight is 152 g/mol. The van der Waals surface area contributed by atoms with E-state index in [-0.39, 0.29) is 0 Å². The number of hydrogen-bond donors (Lipinski definition) is 1. The molecule has 2 rings (SSSR count). The molecule has 2 aliphatic heterocycles. The zero-order valence-corrected chi connectivity index (χ0v) is 6.32. The van der Waals surface area contributed by atoms with Crippen LogP contribution in [0.5, 0.6) is 0 Å². The summed E-state index contributed by atoms with van der Waals surface area (Å²) in [5, 5.41) is 5.32. The fourth-order valence-electron chi connectivity index (χ4n) is 1.00. The van der Waals surface area contributed by atoms with Gasteiger partial charge >= 0.3 is 0 Å². The number of nitrogens with one attached hydrogen (secondary N) is 1. The molecule has 0 atom stereocenters. The van der Waals surface area contributed by atoms with Crippen LogP contribution >= 0.6 is 11.8 Å². The molecular weight excluding hydrogens is 144 g/mol. The van der Waals surface area contributed by atoms with Gasteiger partial charge in [0.1, 0.15) is 6.67 Å². The second-order valence-corrected chi connectivity index (χ2v) is 3.09. The lowest BCUT2D eigenvalue weighted by atomic mass is 10.2. The van der Waals surface area contributed by atoms with Gasteiger partial charge in [-0.25, -0.2) is 0 Å². The highest BCUT2D eigenvalue weighted by atomic mass is 32.2. The first kappa shape index (κ1) is 6.04. The van der Waals surface area contributed by atoms with E-state index < -0.39 is 0 Å². The Balaban J connectivity index is 2.32. The van der Waals surface area contributed by atoms with Crippen LogP contribution in [0.4, 0.5) is 0 Å². The summed E-state index contributed by atoms with van der Waals surface area (Å²) in [6, 6.07) is 0. The summed E-state index contributed by atoms with van der Waals surface area (Å²) in [6.07, 6.45) is 4.07. The fourth-order valence-corrected chi connectivity index (χ4v) is 1.74. The summed E-state index contributed by atoms with van der Waals surface area (Å²) in [6.45, 7) is 0.730. The maximum Gasteiger partial charge on any atom is 0.107 e. The Morgan fingerprint density at radius 1 is 1.60 bits per heavy atom. The van der Waals surface area contributed by atoms with Gasteiger partial charge in [-0.15, -0.1) is 11.8 Å². The molecular formula is C7H8N2S. The molecule has 2 heterocycles. The lowest BCUT2D eigenvalue weighted by Crippen LogP contribution is -2.20. The van der Waals surface area contributed by atoms with Crippen molar-refractivity contribution in [2.75, 3.05) is 12.4 Å². The van der Waals surface area contributed by atoms with Crippen molar-refractivity contribution in [1.82, 2.24) is 5.32 Å². The minimum absolute atomic E-state index is 0.730. The summed E-state index contributed by atoms with van der Waals surface area (Å²) in [5.74, 6) is 1.06. The van der Waals surface area contributed by atoms with Gasteiger partial charge < -0.3 is 5.32 Å². The normalized spacial score (nSPS) is 22.4. The van der Waals surface area contributed by atoms with Crippen LogP contribution in [0.25, 0.3) is 0 Å². The van der Waals surface area contributed by atoms with Crippen LogP contribution in [0.15, 0.2) is 27.7 Å². The Labute approximate surface area is 64.1 Å². The van der Waals surface area contributed by atoms with Crippen LogP contribution in [-0.2, 0) is 0 Å². The fraction of sp³-hybridized carbons (Fsp3) is 0.286. The van der Waals surface area contributed by atoms with Gasteiger partial charge in [-0.2, -0.15) is 0 Å². The van der Waals surface area contributed by atoms with E-state index >= 15 is 0 Å². The maximum absolute atomic E-state index is 4.12. The lowest BCUT2D eigenvalue weighted by molar-refractivity contribution is 0.831. The molecule has 0 radical (unpaired) electrons. The molecule has 1 N–H and O–H groups in total. The Kier molecular flexibility index (Phi) is 1.51. The van der Waals surface area contributed by atoms with Gasteiger partial charge in [0.15, 0.2) is 0 Å². The van der Waals surface area contributed by atoms with Crippen LogP contribution in [0.2, 0.25) is 0 Å². The third kappa shape index (κ3) is 0.968. The minimum Gasteiger partial charge on any atom is -0.366 e. The minimum atomic E-state index is 0.730. The third-order valence-corrected chi connectivity index (χ3v) is 2.33. The molecule has 3 heteroatoms. The van der Waals surface area contributed by atoms with Crippen molar-refractivity contribution in [3.8, 4) is 0 Å².